The second-order valence-electron chi connectivity index (χ2n) is 9.93. The molecule has 1 aromatic carbocycles. The number of aryl methyl sites for hydroxylation is 1. The molecule has 0 aliphatic carbocycles. The van der Waals surface area contributed by atoms with E-state index < -0.39 is 23.9 Å². The molecule has 2 unspecified atom stereocenters. The molecule has 2 atom stereocenters. The molecule has 0 amide bonds. The number of aliphatic hydroxyl groups is 1. The minimum atomic E-state index is -4.77. The summed E-state index contributed by atoms with van der Waals surface area (Å²) in [6.07, 6.45) is -1.30. The Morgan fingerprint density at radius 1 is 1.23 bits per heavy atom. The minimum Gasteiger partial charge on any atom is -0.481 e. The second kappa shape index (κ2) is 11.2. The number of aromatic nitrogens is 5. The number of β-amino-alcohol motifs (C(OH)–C–C–N with tert-alkyl or cyclic N) is 1. The van der Waals surface area contributed by atoms with Crippen LogP contribution in [0.15, 0.2) is 53.3 Å². The maximum absolute atomic E-state index is 14.1. The van der Waals surface area contributed by atoms with Crippen LogP contribution in [-0.4, -0.2) is 65.6 Å². The van der Waals surface area contributed by atoms with Crippen molar-refractivity contribution >= 4 is 5.97 Å². The van der Waals surface area contributed by atoms with Crippen LogP contribution in [0.3, 0.4) is 0 Å². The number of alkyl halides is 3. The summed E-state index contributed by atoms with van der Waals surface area (Å²) < 4.78 is 48.1. The number of benzene rings is 1. The fourth-order valence-corrected chi connectivity index (χ4v) is 4.97. The van der Waals surface area contributed by atoms with Crippen molar-refractivity contribution in [2.45, 2.75) is 38.5 Å². The van der Waals surface area contributed by atoms with Crippen LogP contribution in [0.25, 0.3) is 28.7 Å². The van der Waals surface area contributed by atoms with E-state index in [9.17, 15) is 23.1 Å². The van der Waals surface area contributed by atoms with Gasteiger partial charge in [-0.15, -0.1) is 0 Å². The molecule has 1 aliphatic rings. The molecule has 0 spiro atoms. The van der Waals surface area contributed by atoms with Gasteiger partial charge in [0, 0.05) is 31.3 Å². The van der Waals surface area contributed by atoms with Gasteiger partial charge in [-0.1, -0.05) is 29.4 Å². The molecule has 0 bridgehead atoms. The van der Waals surface area contributed by atoms with Gasteiger partial charge in [0.2, 0.25) is 5.82 Å². The van der Waals surface area contributed by atoms with E-state index in [1.54, 1.807) is 37.3 Å². The number of carboxylic acid groups (broad SMARTS) is 1. The number of aliphatic hydroxyl groups excluding tert-OH is 1. The van der Waals surface area contributed by atoms with Gasteiger partial charge >= 0.3 is 12.1 Å². The SMILES string of the molecule is Cc1ccnc(-n2ncc(-c3nc(-c4ccc(C(O)CN5CCCC(CC(=O)O)C5)cc4)no3)c2C(F)(F)F)c1. The molecule has 5 rings (SSSR count). The lowest BCUT2D eigenvalue weighted by atomic mass is 9.94. The Labute approximate surface area is 227 Å². The summed E-state index contributed by atoms with van der Waals surface area (Å²) in [5.74, 6) is -1.01. The molecular weight excluding hydrogens is 529 g/mol. The third-order valence-electron chi connectivity index (χ3n) is 6.86. The molecule has 4 heterocycles. The number of carbonyl (C=O) groups is 1. The van der Waals surface area contributed by atoms with Crippen molar-refractivity contribution in [1.82, 2.24) is 29.8 Å². The molecule has 13 heteroatoms. The lowest BCUT2D eigenvalue weighted by Crippen LogP contribution is -2.38. The molecule has 0 saturated carbocycles. The zero-order chi connectivity index (χ0) is 28.4. The maximum Gasteiger partial charge on any atom is 0.434 e. The number of nitrogens with zero attached hydrogens (tertiary/aromatic N) is 6. The van der Waals surface area contributed by atoms with Gasteiger partial charge in [0.1, 0.15) is 0 Å². The standard InChI is InChI=1S/C27H27F3N6O4/c1-16-8-9-31-22(11-16)36-24(27(28,29)30)20(13-32-36)26-33-25(34-40-26)19-6-4-18(5-7-19)21(37)15-35-10-2-3-17(14-35)12-23(38)39/h4-9,11,13,17,21,37H,2-3,10,12,14-15H2,1H3,(H,38,39). The first kappa shape index (κ1) is 27.5. The van der Waals surface area contributed by atoms with Crippen LogP contribution >= 0.6 is 0 Å². The van der Waals surface area contributed by atoms with E-state index in [2.05, 4.69) is 25.1 Å². The van der Waals surface area contributed by atoms with E-state index in [4.69, 9.17) is 9.63 Å². The summed E-state index contributed by atoms with van der Waals surface area (Å²) in [7, 11) is 0. The number of piperidine rings is 1. The van der Waals surface area contributed by atoms with E-state index in [1.165, 1.54) is 12.3 Å². The zero-order valence-corrected chi connectivity index (χ0v) is 21.5. The summed E-state index contributed by atoms with van der Waals surface area (Å²) >= 11 is 0. The first-order valence-corrected chi connectivity index (χ1v) is 12.7. The van der Waals surface area contributed by atoms with Crippen LogP contribution in [-0.2, 0) is 11.0 Å². The Morgan fingerprint density at radius 3 is 2.70 bits per heavy atom. The van der Waals surface area contributed by atoms with Gasteiger partial charge < -0.3 is 19.6 Å². The molecule has 1 saturated heterocycles. The van der Waals surface area contributed by atoms with Crippen molar-refractivity contribution in [2.24, 2.45) is 5.92 Å². The summed E-state index contributed by atoms with van der Waals surface area (Å²) in [5, 5.41) is 27.6. The summed E-state index contributed by atoms with van der Waals surface area (Å²) in [5.41, 5.74) is 0.403. The summed E-state index contributed by atoms with van der Waals surface area (Å²) in [6, 6.07) is 9.85. The lowest BCUT2D eigenvalue weighted by molar-refractivity contribution is -0.142. The van der Waals surface area contributed by atoms with E-state index in [1.807, 2.05) is 0 Å². The fraction of sp³-hybridized carbons (Fsp3) is 0.370. The van der Waals surface area contributed by atoms with Crippen molar-refractivity contribution in [1.29, 1.82) is 0 Å². The number of halogens is 3. The molecule has 1 fully saturated rings. The smallest absolute Gasteiger partial charge is 0.434 e. The van der Waals surface area contributed by atoms with Crippen LogP contribution < -0.4 is 0 Å². The van der Waals surface area contributed by atoms with Crippen molar-refractivity contribution < 1.29 is 32.7 Å². The highest BCUT2D eigenvalue weighted by atomic mass is 19.4. The molecule has 4 aromatic rings. The number of carboxylic acids is 1. The van der Waals surface area contributed by atoms with Gasteiger partial charge in [0.25, 0.3) is 5.89 Å². The van der Waals surface area contributed by atoms with Gasteiger partial charge in [-0.2, -0.15) is 23.3 Å². The van der Waals surface area contributed by atoms with Gasteiger partial charge in [-0.3, -0.25) is 4.79 Å². The van der Waals surface area contributed by atoms with Crippen molar-refractivity contribution in [3.8, 4) is 28.7 Å². The molecule has 3 aromatic heterocycles. The van der Waals surface area contributed by atoms with Crippen molar-refractivity contribution in [2.75, 3.05) is 19.6 Å². The third kappa shape index (κ3) is 6.05. The quantitative estimate of drug-likeness (QED) is 0.321. The third-order valence-corrected chi connectivity index (χ3v) is 6.86. The first-order valence-electron chi connectivity index (χ1n) is 12.7. The van der Waals surface area contributed by atoms with Crippen LogP contribution in [0, 0.1) is 12.8 Å². The Morgan fingerprint density at radius 2 is 2.00 bits per heavy atom. The van der Waals surface area contributed by atoms with E-state index in [-0.39, 0.29) is 35.4 Å². The highest BCUT2D eigenvalue weighted by Crippen LogP contribution is 2.38. The van der Waals surface area contributed by atoms with Gasteiger partial charge in [0.05, 0.1) is 17.9 Å². The molecule has 2 N–H and O–H groups in total. The van der Waals surface area contributed by atoms with Gasteiger partial charge in [-0.05, 0) is 55.5 Å². The van der Waals surface area contributed by atoms with E-state index in [0.29, 0.717) is 28.9 Å². The van der Waals surface area contributed by atoms with E-state index in [0.717, 1.165) is 31.1 Å². The van der Waals surface area contributed by atoms with Crippen molar-refractivity contribution in [3.05, 3.63) is 65.6 Å². The monoisotopic (exact) mass is 556 g/mol. The average Bonchev–Trinajstić information content (AvgIpc) is 3.56. The predicted molar refractivity (Wildman–Crippen MR) is 136 cm³/mol. The minimum absolute atomic E-state index is 0.00872. The number of rotatable bonds is 8. The highest BCUT2D eigenvalue weighted by Gasteiger charge is 2.41. The second-order valence-corrected chi connectivity index (χ2v) is 9.93. The number of hydrogen-bond donors (Lipinski definition) is 2. The Balaban J connectivity index is 1.32. The Bertz CT molecular complexity index is 1480. The van der Waals surface area contributed by atoms with Crippen LogP contribution in [0.5, 0.6) is 0 Å². The molecule has 1 aliphatic heterocycles. The predicted octanol–water partition coefficient (Wildman–Crippen LogP) is 4.53. The number of aliphatic carboxylic acids is 1. The molecule has 210 valence electrons. The number of pyridine rings is 1. The Hall–Kier alpha value is -4.10. The highest BCUT2D eigenvalue weighted by molar-refractivity contribution is 5.67. The largest absolute Gasteiger partial charge is 0.481 e. The average molecular weight is 557 g/mol. The van der Waals surface area contributed by atoms with Gasteiger partial charge in [0.15, 0.2) is 11.5 Å². The van der Waals surface area contributed by atoms with Gasteiger partial charge in [-0.25, -0.2) is 9.67 Å². The normalized spacial score (nSPS) is 17.2. The molecule has 0 radical (unpaired) electrons. The molecular formula is C27H27F3N6O4. The van der Waals surface area contributed by atoms with Crippen LogP contribution in [0.4, 0.5) is 13.2 Å². The summed E-state index contributed by atoms with van der Waals surface area (Å²) in [4.78, 5) is 21.3. The first-order chi connectivity index (χ1) is 19.1. The lowest BCUT2D eigenvalue weighted by Gasteiger charge is -2.33. The van der Waals surface area contributed by atoms with E-state index >= 15 is 0 Å². The molecule has 40 heavy (non-hydrogen) atoms. The fourth-order valence-electron chi connectivity index (χ4n) is 4.97. The molecule has 10 nitrogen and oxygen atoms in total. The van der Waals surface area contributed by atoms with Crippen LogP contribution in [0.1, 0.15) is 42.2 Å². The van der Waals surface area contributed by atoms with Crippen LogP contribution in [0.2, 0.25) is 0 Å². The summed E-state index contributed by atoms with van der Waals surface area (Å²) in [6.45, 7) is 3.50. The van der Waals surface area contributed by atoms with Crippen molar-refractivity contribution in [3.63, 3.8) is 0 Å². The zero-order valence-electron chi connectivity index (χ0n) is 21.5. The topological polar surface area (TPSA) is 130 Å². The Kier molecular flexibility index (Phi) is 7.68. The maximum atomic E-state index is 14.1. The number of likely N-dealkylation sites (tertiary alicyclic amines) is 1. The number of hydrogen-bond acceptors (Lipinski definition) is 8.